The summed E-state index contributed by atoms with van der Waals surface area (Å²) in [6.07, 6.45) is 0. The van der Waals surface area contributed by atoms with E-state index in [0.717, 1.165) is 37.7 Å². The molecule has 0 amide bonds. The lowest BCUT2D eigenvalue weighted by molar-refractivity contribution is 0.0554. The first-order chi connectivity index (χ1) is 9.86. The largest absolute Gasteiger partial charge is 0.465 e. The van der Waals surface area contributed by atoms with Crippen molar-refractivity contribution in [2.75, 3.05) is 20.1 Å². The van der Waals surface area contributed by atoms with Crippen molar-refractivity contribution in [2.24, 2.45) is 0 Å². The molecule has 0 saturated carbocycles. The lowest BCUT2D eigenvalue weighted by Crippen LogP contribution is -2.54. The number of hydrogen-bond acceptors (Lipinski definition) is 4. The maximum atomic E-state index is 5.88. The molecule has 1 saturated heterocycles. The predicted octanol–water partition coefficient (Wildman–Crippen LogP) is 2.61. The summed E-state index contributed by atoms with van der Waals surface area (Å²) in [5.41, 5.74) is 1.33. The van der Waals surface area contributed by atoms with E-state index < -0.39 is 0 Å². The Hall–Kier alpha value is -0.840. The molecule has 1 N–H and O–H groups in total. The van der Waals surface area contributed by atoms with Gasteiger partial charge in [-0.3, -0.25) is 9.80 Å². The molecule has 1 fully saturated rings. The fourth-order valence-corrected chi connectivity index (χ4v) is 3.02. The van der Waals surface area contributed by atoms with Gasteiger partial charge in [0.1, 0.15) is 11.5 Å². The van der Waals surface area contributed by atoms with Crippen LogP contribution in [0.3, 0.4) is 0 Å². The Kier molecular flexibility index (Phi) is 5.47. The van der Waals surface area contributed by atoms with E-state index in [1.165, 1.54) is 5.56 Å². The molecule has 0 radical (unpaired) electrons. The molecule has 21 heavy (non-hydrogen) atoms. The molecule has 1 aliphatic rings. The molecule has 0 aliphatic carbocycles. The van der Waals surface area contributed by atoms with E-state index in [1.807, 2.05) is 0 Å². The van der Waals surface area contributed by atoms with Gasteiger partial charge in [-0.1, -0.05) is 13.8 Å². The van der Waals surface area contributed by atoms with Crippen LogP contribution in [0.15, 0.2) is 10.5 Å². The summed E-state index contributed by atoms with van der Waals surface area (Å²) >= 11 is 0. The van der Waals surface area contributed by atoms with Crippen LogP contribution in [-0.4, -0.2) is 48.1 Å². The van der Waals surface area contributed by atoms with Crippen LogP contribution in [0.5, 0.6) is 0 Å². The molecule has 2 rings (SSSR count). The van der Waals surface area contributed by atoms with E-state index in [1.54, 1.807) is 0 Å². The van der Waals surface area contributed by atoms with Crippen molar-refractivity contribution in [1.82, 2.24) is 15.1 Å². The summed E-state index contributed by atoms with van der Waals surface area (Å²) in [5, 5.41) is 3.41. The van der Waals surface area contributed by atoms with Crippen LogP contribution >= 0.6 is 0 Å². The normalized spacial score (nSPS) is 24.9. The minimum absolute atomic E-state index is 0.484. The summed E-state index contributed by atoms with van der Waals surface area (Å²) in [6.45, 7) is 15.1. The third-order valence-electron chi connectivity index (χ3n) is 4.59. The number of nitrogens with one attached hydrogen (secondary N) is 1. The van der Waals surface area contributed by atoms with Crippen LogP contribution < -0.4 is 5.32 Å². The number of piperazine rings is 1. The van der Waals surface area contributed by atoms with Crippen molar-refractivity contribution >= 4 is 0 Å². The third-order valence-corrected chi connectivity index (χ3v) is 4.59. The minimum Gasteiger partial charge on any atom is -0.465 e. The first kappa shape index (κ1) is 16.5. The standard InChI is InChI=1S/C17H31N3O/c1-12(2)18-8-17-7-16(15(5)21-17)11-20-9-13(3)19(6)14(4)10-20/h7,12-14,18H,8-11H2,1-6H3. The fourth-order valence-electron chi connectivity index (χ4n) is 3.02. The summed E-state index contributed by atoms with van der Waals surface area (Å²) < 4.78 is 5.88. The minimum atomic E-state index is 0.484. The number of rotatable bonds is 5. The summed E-state index contributed by atoms with van der Waals surface area (Å²) in [7, 11) is 2.23. The van der Waals surface area contributed by atoms with Gasteiger partial charge in [0.2, 0.25) is 0 Å². The maximum absolute atomic E-state index is 5.88. The van der Waals surface area contributed by atoms with Crippen molar-refractivity contribution < 1.29 is 4.42 Å². The Bertz CT molecular complexity index is 443. The molecular weight excluding hydrogens is 262 g/mol. The molecular formula is C17H31N3O. The van der Waals surface area contributed by atoms with Crippen molar-refractivity contribution in [3.05, 3.63) is 23.2 Å². The van der Waals surface area contributed by atoms with Crippen LogP contribution in [0.4, 0.5) is 0 Å². The van der Waals surface area contributed by atoms with Gasteiger partial charge in [0.25, 0.3) is 0 Å². The van der Waals surface area contributed by atoms with Gasteiger partial charge < -0.3 is 9.73 Å². The van der Waals surface area contributed by atoms with E-state index in [0.29, 0.717) is 18.1 Å². The van der Waals surface area contributed by atoms with Crippen molar-refractivity contribution in [1.29, 1.82) is 0 Å². The van der Waals surface area contributed by atoms with Crippen molar-refractivity contribution in [2.45, 2.75) is 65.8 Å². The van der Waals surface area contributed by atoms with E-state index >= 15 is 0 Å². The molecule has 1 aliphatic heterocycles. The van der Waals surface area contributed by atoms with Crippen LogP contribution in [0.1, 0.15) is 44.8 Å². The Balaban J connectivity index is 1.96. The average molecular weight is 293 g/mol. The van der Waals surface area contributed by atoms with Crippen LogP contribution in [-0.2, 0) is 13.1 Å². The van der Waals surface area contributed by atoms with E-state index in [9.17, 15) is 0 Å². The first-order valence-corrected chi connectivity index (χ1v) is 8.12. The first-order valence-electron chi connectivity index (χ1n) is 8.12. The van der Waals surface area contributed by atoms with Crippen molar-refractivity contribution in [3.8, 4) is 0 Å². The van der Waals surface area contributed by atoms with Gasteiger partial charge in [0.05, 0.1) is 6.54 Å². The summed E-state index contributed by atoms with van der Waals surface area (Å²) in [6, 6.07) is 3.93. The Morgan fingerprint density at radius 3 is 2.48 bits per heavy atom. The SMILES string of the molecule is Cc1oc(CNC(C)C)cc1CN1CC(C)N(C)C(C)C1. The smallest absolute Gasteiger partial charge is 0.118 e. The maximum Gasteiger partial charge on any atom is 0.118 e. The molecule has 120 valence electrons. The van der Waals surface area contributed by atoms with Crippen LogP contribution in [0.25, 0.3) is 0 Å². The average Bonchev–Trinajstić information content (AvgIpc) is 2.74. The Morgan fingerprint density at radius 2 is 1.90 bits per heavy atom. The molecule has 2 unspecified atom stereocenters. The van der Waals surface area contributed by atoms with E-state index in [2.05, 4.69) is 62.8 Å². The lowest BCUT2D eigenvalue weighted by Gasteiger charge is -2.42. The predicted molar refractivity (Wildman–Crippen MR) is 87.4 cm³/mol. The molecule has 4 nitrogen and oxygen atoms in total. The zero-order chi connectivity index (χ0) is 15.6. The quantitative estimate of drug-likeness (QED) is 0.904. The number of likely N-dealkylation sites (N-methyl/N-ethyl adjacent to an activating group) is 1. The van der Waals surface area contributed by atoms with Crippen LogP contribution in [0.2, 0.25) is 0 Å². The second-order valence-corrected chi connectivity index (χ2v) is 6.89. The third kappa shape index (κ3) is 4.31. The zero-order valence-electron chi connectivity index (χ0n) is 14.4. The summed E-state index contributed by atoms with van der Waals surface area (Å²) in [5.74, 6) is 2.11. The topological polar surface area (TPSA) is 31.7 Å². The molecule has 2 heterocycles. The van der Waals surface area contributed by atoms with Gasteiger partial charge in [-0.2, -0.15) is 0 Å². The summed E-state index contributed by atoms with van der Waals surface area (Å²) in [4.78, 5) is 5.02. The van der Waals surface area contributed by atoms with Gasteiger partial charge in [-0.05, 0) is 33.9 Å². The highest BCUT2D eigenvalue weighted by Crippen LogP contribution is 2.20. The van der Waals surface area contributed by atoms with Gasteiger partial charge in [-0.15, -0.1) is 0 Å². The Morgan fingerprint density at radius 1 is 1.29 bits per heavy atom. The van der Waals surface area contributed by atoms with Gasteiger partial charge in [0.15, 0.2) is 0 Å². The van der Waals surface area contributed by atoms with Crippen molar-refractivity contribution in [3.63, 3.8) is 0 Å². The second-order valence-electron chi connectivity index (χ2n) is 6.89. The van der Waals surface area contributed by atoms with Gasteiger partial charge in [0, 0.05) is 43.3 Å². The fraction of sp³-hybridized carbons (Fsp3) is 0.765. The van der Waals surface area contributed by atoms with E-state index in [4.69, 9.17) is 4.42 Å². The number of aryl methyl sites for hydroxylation is 1. The second kappa shape index (κ2) is 6.95. The molecule has 0 aromatic carbocycles. The number of hydrogen-bond donors (Lipinski definition) is 1. The molecule has 1 aromatic heterocycles. The molecule has 0 spiro atoms. The molecule has 0 bridgehead atoms. The van der Waals surface area contributed by atoms with Crippen LogP contribution in [0, 0.1) is 6.92 Å². The molecule has 4 heteroatoms. The van der Waals surface area contributed by atoms with E-state index in [-0.39, 0.29) is 0 Å². The highest BCUT2D eigenvalue weighted by Gasteiger charge is 2.27. The highest BCUT2D eigenvalue weighted by molar-refractivity contribution is 5.21. The molecule has 2 atom stereocenters. The monoisotopic (exact) mass is 293 g/mol. The number of nitrogens with zero attached hydrogens (tertiary/aromatic N) is 2. The van der Waals surface area contributed by atoms with Gasteiger partial charge in [-0.25, -0.2) is 0 Å². The molecule has 1 aromatic rings. The highest BCUT2D eigenvalue weighted by atomic mass is 16.3. The lowest BCUT2D eigenvalue weighted by atomic mass is 10.1. The van der Waals surface area contributed by atoms with Gasteiger partial charge >= 0.3 is 0 Å². The zero-order valence-corrected chi connectivity index (χ0v) is 14.4. The Labute approximate surface area is 129 Å². The number of furan rings is 1.